The number of nitrogens with one attached hydrogen (secondary N) is 1. The Kier molecular flexibility index (Phi) is 7.48. The molecule has 2 rings (SSSR count). The Labute approximate surface area is 174 Å². The minimum absolute atomic E-state index is 0.216. The summed E-state index contributed by atoms with van der Waals surface area (Å²) >= 11 is 2.20. The molecule has 1 heterocycles. The van der Waals surface area contributed by atoms with Crippen molar-refractivity contribution in [2.75, 3.05) is 13.1 Å². The molecule has 27 heavy (non-hydrogen) atoms. The van der Waals surface area contributed by atoms with Gasteiger partial charge >= 0.3 is 6.09 Å². The number of likely N-dealkylation sites (tertiary alicyclic amines) is 1. The van der Waals surface area contributed by atoms with Gasteiger partial charge in [0, 0.05) is 16.7 Å². The van der Waals surface area contributed by atoms with Crippen LogP contribution in [0.2, 0.25) is 0 Å². The molecule has 0 aliphatic carbocycles. The van der Waals surface area contributed by atoms with Crippen LogP contribution in [0.15, 0.2) is 24.3 Å². The summed E-state index contributed by atoms with van der Waals surface area (Å²) < 4.78 is 6.48. The van der Waals surface area contributed by atoms with Gasteiger partial charge in [-0.1, -0.05) is 12.1 Å². The first-order chi connectivity index (χ1) is 12.7. The van der Waals surface area contributed by atoms with Crippen molar-refractivity contribution in [2.24, 2.45) is 0 Å². The summed E-state index contributed by atoms with van der Waals surface area (Å²) in [6.45, 7) is 6.15. The van der Waals surface area contributed by atoms with Gasteiger partial charge < -0.3 is 10.1 Å². The third-order valence-corrected chi connectivity index (χ3v) is 4.99. The second kappa shape index (κ2) is 9.40. The molecule has 1 aromatic rings. The number of halogens is 1. The lowest BCUT2D eigenvalue weighted by molar-refractivity contribution is -0.127. The maximum absolute atomic E-state index is 12.7. The maximum atomic E-state index is 12.7. The fourth-order valence-electron chi connectivity index (χ4n) is 3.03. The molecular formula is C20H26IN3O3. The van der Waals surface area contributed by atoms with E-state index in [2.05, 4.69) is 34.0 Å². The molecule has 1 fully saturated rings. The zero-order valence-corrected chi connectivity index (χ0v) is 18.2. The second-order valence-electron chi connectivity index (χ2n) is 7.67. The van der Waals surface area contributed by atoms with E-state index < -0.39 is 23.7 Å². The van der Waals surface area contributed by atoms with E-state index in [9.17, 15) is 14.9 Å². The Hall–Kier alpha value is -1.82. The normalized spacial score (nSPS) is 18.3. The molecule has 0 aromatic heterocycles. The number of hydrogen-bond donors (Lipinski definition) is 1. The summed E-state index contributed by atoms with van der Waals surface area (Å²) in [5, 5.41) is 12.3. The van der Waals surface area contributed by atoms with Crippen molar-refractivity contribution in [3.05, 3.63) is 33.4 Å². The molecule has 146 valence electrons. The van der Waals surface area contributed by atoms with Gasteiger partial charge in [-0.05, 0) is 80.3 Å². The largest absolute Gasteiger partial charge is 0.444 e. The van der Waals surface area contributed by atoms with Crippen LogP contribution in [-0.4, -0.2) is 41.6 Å². The van der Waals surface area contributed by atoms with E-state index in [1.165, 1.54) is 4.90 Å². The number of hydrogen-bond acceptors (Lipinski definition) is 4. The first-order valence-corrected chi connectivity index (χ1v) is 10.2. The third-order valence-electron chi connectivity index (χ3n) is 4.32. The molecule has 1 aliphatic heterocycles. The van der Waals surface area contributed by atoms with Crippen molar-refractivity contribution in [3.63, 3.8) is 0 Å². The summed E-state index contributed by atoms with van der Waals surface area (Å²) in [5.74, 6) is -0.659. The predicted molar refractivity (Wildman–Crippen MR) is 111 cm³/mol. The molecule has 0 radical (unpaired) electrons. The van der Waals surface area contributed by atoms with Crippen LogP contribution in [0.25, 0.3) is 0 Å². The Balaban J connectivity index is 2.02. The van der Waals surface area contributed by atoms with Crippen molar-refractivity contribution in [2.45, 2.75) is 57.6 Å². The summed E-state index contributed by atoms with van der Waals surface area (Å²) in [6, 6.07) is 9.37. The van der Waals surface area contributed by atoms with Crippen molar-refractivity contribution in [1.82, 2.24) is 10.2 Å². The lowest BCUT2D eigenvalue weighted by atomic mass is 9.99. The van der Waals surface area contributed by atoms with Gasteiger partial charge in [0.05, 0.1) is 12.0 Å². The van der Waals surface area contributed by atoms with E-state index in [-0.39, 0.29) is 12.5 Å². The number of piperidine rings is 1. The SMILES string of the molecule is CC(C)(C)OC(=O)N1CCCCC1C(=O)NC[C@H](C#N)c1cccc(I)c1. The average Bonchev–Trinajstić information content (AvgIpc) is 2.60. The van der Waals surface area contributed by atoms with Crippen molar-refractivity contribution >= 4 is 34.6 Å². The van der Waals surface area contributed by atoms with Crippen LogP contribution in [0.4, 0.5) is 4.79 Å². The standard InChI is InChI=1S/C20H26IN3O3/c1-20(2,3)27-19(26)24-10-5-4-9-17(24)18(25)23-13-15(12-22)14-7-6-8-16(21)11-14/h6-8,11,15,17H,4-5,9-10,13H2,1-3H3,(H,23,25)/t15-,17?/m0/s1. The number of rotatable bonds is 4. The van der Waals surface area contributed by atoms with Gasteiger partial charge in [-0.2, -0.15) is 5.26 Å². The van der Waals surface area contributed by atoms with Crippen LogP contribution in [-0.2, 0) is 9.53 Å². The zero-order valence-electron chi connectivity index (χ0n) is 16.0. The molecule has 6 nitrogen and oxygen atoms in total. The van der Waals surface area contributed by atoms with Gasteiger partial charge in [0.25, 0.3) is 0 Å². The van der Waals surface area contributed by atoms with Gasteiger partial charge in [-0.3, -0.25) is 9.69 Å². The number of carbonyl (C=O) groups is 2. The molecule has 7 heteroatoms. The molecule has 2 atom stereocenters. The van der Waals surface area contributed by atoms with Crippen LogP contribution in [0, 0.1) is 14.9 Å². The minimum atomic E-state index is -0.605. The van der Waals surface area contributed by atoms with Crippen LogP contribution in [0.1, 0.15) is 51.5 Å². The number of nitrogens with zero attached hydrogens (tertiary/aromatic N) is 2. The number of ether oxygens (including phenoxy) is 1. The first-order valence-electron chi connectivity index (χ1n) is 9.13. The molecule has 0 bridgehead atoms. The van der Waals surface area contributed by atoms with E-state index in [0.717, 1.165) is 22.0 Å². The monoisotopic (exact) mass is 483 g/mol. The fraction of sp³-hybridized carbons (Fsp3) is 0.550. The molecule has 1 unspecified atom stereocenters. The maximum Gasteiger partial charge on any atom is 0.410 e. The Bertz CT molecular complexity index is 724. The summed E-state index contributed by atoms with van der Waals surface area (Å²) in [4.78, 5) is 26.7. The number of amides is 2. The predicted octanol–water partition coefficient (Wildman–Crippen LogP) is 3.80. The Morgan fingerprint density at radius 1 is 1.41 bits per heavy atom. The van der Waals surface area contributed by atoms with E-state index >= 15 is 0 Å². The highest BCUT2D eigenvalue weighted by atomic mass is 127. The number of carbonyl (C=O) groups excluding carboxylic acids is 2. The topological polar surface area (TPSA) is 82.4 Å². The molecule has 1 N–H and O–H groups in total. The molecule has 0 saturated carbocycles. The van der Waals surface area contributed by atoms with Gasteiger partial charge in [-0.25, -0.2) is 4.79 Å². The lowest BCUT2D eigenvalue weighted by Gasteiger charge is -2.35. The van der Waals surface area contributed by atoms with Crippen molar-refractivity contribution < 1.29 is 14.3 Å². The van der Waals surface area contributed by atoms with Crippen molar-refractivity contribution in [3.8, 4) is 6.07 Å². The number of nitriles is 1. The molecule has 1 aliphatic rings. The Morgan fingerprint density at radius 3 is 2.78 bits per heavy atom. The Morgan fingerprint density at radius 2 is 2.15 bits per heavy atom. The summed E-state index contributed by atoms with van der Waals surface area (Å²) in [5.41, 5.74) is 0.267. The van der Waals surface area contributed by atoms with Gasteiger partial charge in [-0.15, -0.1) is 0 Å². The summed E-state index contributed by atoms with van der Waals surface area (Å²) in [7, 11) is 0. The lowest BCUT2D eigenvalue weighted by Crippen LogP contribution is -2.53. The first kappa shape index (κ1) is 21.5. The second-order valence-corrected chi connectivity index (χ2v) is 8.91. The van der Waals surface area contributed by atoms with Crippen LogP contribution in [0.5, 0.6) is 0 Å². The quantitative estimate of drug-likeness (QED) is 0.661. The van der Waals surface area contributed by atoms with Gasteiger partial charge in [0.1, 0.15) is 11.6 Å². The van der Waals surface area contributed by atoms with Gasteiger partial charge in [0.15, 0.2) is 0 Å². The number of benzene rings is 1. The van der Waals surface area contributed by atoms with E-state index in [4.69, 9.17) is 4.74 Å². The van der Waals surface area contributed by atoms with Crippen LogP contribution in [0.3, 0.4) is 0 Å². The van der Waals surface area contributed by atoms with Gasteiger partial charge in [0.2, 0.25) is 5.91 Å². The highest BCUT2D eigenvalue weighted by Gasteiger charge is 2.34. The third kappa shape index (κ3) is 6.38. The highest BCUT2D eigenvalue weighted by Crippen LogP contribution is 2.21. The molecule has 1 aromatic carbocycles. The fourth-order valence-corrected chi connectivity index (χ4v) is 3.59. The van der Waals surface area contributed by atoms with Crippen molar-refractivity contribution in [1.29, 1.82) is 5.26 Å². The molecule has 1 saturated heterocycles. The van der Waals surface area contributed by atoms with Crippen LogP contribution >= 0.6 is 22.6 Å². The summed E-state index contributed by atoms with van der Waals surface area (Å²) in [6.07, 6.45) is 1.88. The minimum Gasteiger partial charge on any atom is -0.444 e. The molecule has 0 spiro atoms. The average molecular weight is 483 g/mol. The van der Waals surface area contributed by atoms with E-state index in [0.29, 0.717) is 13.0 Å². The van der Waals surface area contributed by atoms with E-state index in [1.54, 1.807) is 0 Å². The molecule has 2 amide bonds. The highest BCUT2D eigenvalue weighted by molar-refractivity contribution is 14.1. The van der Waals surface area contributed by atoms with Crippen LogP contribution < -0.4 is 5.32 Å². The smallest absolute Gasteiger partial charge is 0.410 e. The zero-order chi connectivity index (χ0) is 20.0. The molecular weight excluding hydrogens is 457 g/mol. The van der Waals surface area contributed by atoms with E-state index in [1.807, 2.05) is 45.0 Å².